The van der Waals surface area contributed by atoms with Crippen molar-refractivity contribution in [2.24, 2.45) is 5.92 Å². The lowest BCUT2D eigenvalue weighted by Crippen LogP contribution is -2.33. The average molecular weight is 240 g/mol. The lowest BCUT2D eigenvalue weighted by atomic mass is 9.97. The molecule has 1 aromatic heterocycles. The molecular formula is C16H20N2. The highest BCUT2D eigenvalue weighted by atomic mass is 15.0. The van der Waals surface area contributed by atoms with Gasteiger partial charge in [0.2, 0.25) is 0 Å². The fourth-order valence-electron chi connectivity index (χ4n) is 2.67. The zero-order chi connectivity index (χ0) is 12.8. The maximum Gasteiger partial charge on any atom is 0.0725 e. The van der Waals surface area contributed by atoms with E-state index in [4.69, 9.17) is 0 Å². The van der Waals surface area contributed by atoms with Gasteiger partial charge in [0.05, 0.1) is 5.52 Å². The standard InChI is InChI=1S/C16H20N2/c1-11-10-15(18-16(2,3)12-8-9-12)13-6-4-5-7-14(13)17-11/h4-7,10,12H,8-9H2,1-3H3,(H,17,18). The predicted octanol–water partition coefficient (Wildman–Crippen LogP) is 4.14. The Labute approximate surface area is 108 Å². The number of para-hydroxylation sites is 1. The van der Waals surface area contributed by atoms with Gasteiger partial charge in [-0.15, -0.1) is 0 Å². The van der Waals surface area contributed by atoms with E-state index in [1.54, 1.807) is 0 Å². The number of rotatable bonds is 3. The van der Waals surface area contributed by atoms with Crippen molar-refractivity contribution in [2.45, 2.75) is 39.2 Å². The molecule has 0 bridgehead atoms. The van der Waals surface area contributed by atoms with E-state index in [1.165, 1.54) is 23.9 Å². The molecule has 0 radical (unpaired) electrons. The predicted molar refractivity (Wildman–Crippen MR) is 76.9 cm³/mol. The molecule has 94 valence electrons. The van der Waals surface area contributed by atoms with Crippen LogP contribution in [-0.2, 0) is 0 Å². The number of pyridine rings is 1. The number of aryl methyl sites for hydroxylation is 1. The van der Waals surface area contributed by atoms with Crippen LogP contribution in [-0.4, -0.2) is 10.5 Å². The molecule has 0 spiro atoms. The van der Waals surface area contributed by atoms with Crippen molar-refractivity contribution in [3.8, 4) is 0 Å². The van der Waals surface area contributed by atoms with Crippen molar-refractivity contribution in [2.75, 3.05) is 5.32 Å². The second kappa shape index (κ2) is 3.98. The summed E-state index contributed by atoms with van der Waals surface area (Å²) in [6.45, 7) is 6.66. The van der Waals surface area contributed by atoms with Gasteiger partial charge in [-0.1, -0.05) is 18.2 Å². The third kappa shape index (κ3) is 2.07. The normalized spacial score (nSPS) is 15.9. The maximum absolute atomic E-state index is 4.59. The van der Waals surface area contributed by atoms with Crippen LogP contribution in [0.1, 0.15) is 32.4 Å². The van der Waals surface area contributed by atoms with Gasteiger partial charge in [-0.25, -0.2) is 0 Å². The first-order valence-electron chi connectivity index (χ1n) is 6.71. The molecule has 0 amide bonds. The minimum absolute atomic E-state index is 0.177. The summed E-state index contributed by atoms with van der Waals surface area (Å²) in [7, 11) is 0. The largest absolute Gasteiger partial charge is 0.379 e. The molecule has 2 nitrogen and oxygen atoms in total. The van der Waals surface area contributed by atoms with Crippen LogP contribution < -0.4 is 5.32 Å². The lowest BCUT2D eigenvalue weighted by molar-refractivity contribution is 0.495. The van der Waals surface area contributed by atoms with E-state index in [0.717, 1.165) is 17.1 Å². The summed E-state index contributed by atoms with van der Waals surface area (Å²) in [6, 6.07) is 10.5. The van der Waals surface area contributed by atoms with Crippen LogP contribution in [0.5, 0.6) is 0 Å². The van der Waals surface area contributed by atoms with E-state index in [9.17, 15) is 0 Å². The van der Waals surface area contributed by atoms with E-state index in [2.05, 4.69) is 55.3 Å². The van der Waals surface area contributed by atoms with E-state index >= 15 is 0 Å². The molecule has 0 atom stereocenters. The number of hydrogen-bond acceptors (Lipinski definition) is 2. The summed E-state index contributed by atoms with van der Waals surface area (Å²) in [4.78, 5) is 4.59. The SMILES string of the molecule is Cc1cc(NC(C)(C)C2CC2)c2ccccc2n1. The van der Waals surface area contributed by atoms with Crippen molar-refractivity contribution in [3.63, 3.8) is 0 Å². The van der Waals surface area contributed by atoms with Crippen LogP contribution in [0.25, 0.3) is 10.9 Å². The number of nitrogens with one attached hydrogen (secondary N) is 1. The summed E-state index contributed by atoms with van der Waals surface area (Å²) in [5.41, 5.74) is 3.54. The topological polar surface area (TPSA) is 24.9 Å². The first kappa shape index (κ1) is 11.5. The zero-order valence-corrected chi connectivity index (χ0v) is 11.3. The second-order valence-electron chi connectivity index (χ2n) is 5.95. The highest BCUT2D eigenvalue weighted by Crippen LogP contribution is 2.41. The van der Waals surface area contributed by atoms with Crippen LogP contribution in [0.4, 0.5) is 5.69 Å². The van der Waals surface area contributed by atoms with Crippen molar-refractivity contribution in [3.05, 3.63) is 36.0 Å². The number of nitrogens with zero attached hydrogens (tertiary/aromatic N) is 1. The number of fused-ring (bicyclic) bond motifs is 1. The van der Waals surface area contributed by atoms with Crippen molar-refractivity contribution >= 4 is 16.6 Å². The zero-order valence-electron chi connectivity index (χ0n) is 11.3. The van der Waals surface area contributed by atoms with Crippen LogP contribution >= 0.6 is 0 Å². The Morgan fingerprint density at radius 1 is 1.22 bits per heavy atom. The Balaban J connectivity index is 2.05. The Kier molecular flexibility index (Phi) is 2.54. The molecule has 2 aromatic rings. The first-order valence-corrected chi connectivity index (χ1v) is 6.71. The van der Waals surface area contributed by atoms with Crippen molar-refractivity contribution in [1.82, 2.24) is 4.98 Å². The molecule has 1 N–H and O–H groups in total. The molecule has 1 heterocycles. The quantitative estimate of drug-likeness (QED) is 0.872. The van der Waals surface area contributed by atoms with E-state index in [0.29, 0.717) is 0 Å². The van der Waals surface area contributed by atoms with Crippen molar-refractivity contribution < 1.29 is 0 Å². The highest BCUT2D eigenvalue weighted by Gasteiger charge is 2.37. The molecule has 2 heteroatoms. The van der Waals surface area contributed by atoms with Crippen LogP contribution in [0.15, 0.2) is 30.3 Å². The minimum Gasteiger partial charge on any atom is -0.379 e. The second-order valence-corrected chi connectivity index (χ2v) is 5.95. The first-order chi connectivity index (χ1) is 8.56. The molecule has 1 aromatic carbocycles. The number of anilines is 1. The van der Waals surface area contributed by atoms with E-state index < -0.39 is 0 Å². The minimum atomic E-state index is 0.177. The Morgan fingerprint density at radius 3 is 2.67 bits per heavy atom. The molecule has 0 aliphatic heterocycles. The molecule has 1 fully saturated rings. The summed E-state index contributed by atoms with van der Waals surface area (Å²) in [6.07, 6.45) is 2.70. The molecule has 0 unspecified atom stereocenters. The summed E-state index contributed by atoms with van der Waals surface area (Å²) < 4.78 is 0. The highest BCUT2D eigenvalue weighted by molar-refractivity contribution is 5.91. The van der Waals surface area contributed by atoms with Gasteiger partial charge in [0, 0.05) is 22.3 Å². The summed E-state index contributed by atoms with van der Waals surface area (Å²) in [5.74, 6) is 0.810. The summed E-state index contributed by atoms with van der Waals surface area (Å²) in [5, 5.41) is 4.94. The number of benzene rings is 1. The Bertz CT molecular complexity index is 583. The van der Waals surface area contributed by atoms with Gasteiger partial charge in [-0.3, -0.25) is 4.98 Å². The molecule has 3 rings (SSSR count). The van der Waals surface area contributed by atoms with Gasteiger partial charge in [-0.2, -0.15) is 0 Å². The number of aromatic nitrogens is 1. The third-order valence-corrected chi connectivity index (χ3v) is 3.90. The average Bonchev–Trinajstić information content (AvgIpc) is 3.12. The van der Waals surface area contributed by atoms with Gasteiger partial charge in [-0.05, 0) is 51.7 Å². The van der Waals surface area contributed by atoms with Gasteiger partial charge >= 0.3 is 0 Å². The fraction of sp³-hybridized carbons (Fsp3) is 0.438. The Hall–Kier alpha value is -1.57. The molecule has 18 heavy (non-hydrogen) atoms. The molecule has 1 saturated carbocycles. The van der Waals surface area contributed by atoms with Crippen LogP contribution in [0, 0.1) is 12.8 Å². The molecule has 0 saturated heterocycles. The van der Waals surface area contributed by atoms with Gasteiger partial charge < -0.3 is 5.32 Å². The fourth-order valence-corrected chi connectivity index (χ4v) is 2.67. The van der Waals surface area contributed by atoms with Crippen LogP contribution in [0.3, 0.4) is 0 Å². The molecular weight excluding hydrogens is 220 g/mol. The third-order valence-electron chi connectivity index (χ3n) is 3.90. The maximum atomic E-state index is 4.59. The molecule has 1 aliphatic carbocycles. The smallest absolute Gasteiger partial charge is 0.0725 e. The van der Waals surface area contributed by atoms with E-state index in [-0.39, 0.29) is 5.54 Å². The van der Waals surface area contributed by atoms with Gasteiger partial charge in [0.25, 0.3) is 0 Å². The van der Waals surface area contributed by atoms with Gasteiger partial charge in [0.15, 0.2) is 0 Å². The van der Waals surface area contributed by atoms with E-state index in [1.807, 2.05) is 6.07 Å². The lowest BCUT2D eigenvalue weighted by Gasteiger charge is -2.28. The molecule has 1 aliphatic rings. The Morgan fingerprint density at radius 2 is 1.94 bits per heavy atom. The van der Waals surface area contributed by atoms with Crippen molar-refractivity contribution in [1.29, 1.82) is 0 Å². The number of hydrogen-bond donors (Lipinski definition) is 1. The summed E-state index contributed by atoms with van der Waals surface area (Å²) >= 11 is 0. The van der Waals surface area contributed by atoms with Crippen LogP contribution in [0.2, 0.25) is 0 Å². The monoisotopic (exact) mass is 240 g/mol. The van der Waals surface area contributed by atoms with Gasteiger partial charge in [0.1, 0.15) is 0 Å².